The molecule has 1 fully saturated rings. The van der Waals surface area contributed by atoms with E-state index in [1.807, 2.05) is 6.07 Å². The maximum Gasteiger partial charge on any atom is 0.138 e. The Morgan fingerprint density at radius 1 is 1.35 bits per heavy atom. The van der Waals surface area contributed by atoms with Crippen LogP contribution in [-0.4, -0.2) is 6.61 Å². The Labute approximate surface area is 109 Å². The topological polar surface area (TPSA) is 9.23 Å². The van der Waals surface area contributed by atoms with Gasteiger partial charge in [-0.25, -0.2) is 0 Å². The molecule has 0 spiro atoms. The first-order valence-corrected chi connectivity index (χ1v) is 6.83. The summed E-state index contributed by atoms with van der Waals surface area (Å²) in [7, 11) is 0. The van der Waals surface area contributed by atoms with Gasteiger partial charge in [0.15, 0.2) is 0 Å². The van der Waals surface area contributed by atoms with E-state index in [2.05, 4.69) is 32.9 Å². The maximum absolute atomic E-state index is 6.17. The molecule has 0 aromatic heterocycles. The SMILES string of the molecule is CCC(C)(C)c1ccc(Cl)c(OCC2CC2)c1. The molecule has 0 N–H and O–H groups in total. The second kappa shape index (κ2) is 4.89. The molecule has 1 aliphatic rings. The van der Waals surface area contributed by atoms with Gasteiger partial charge in [-0.3, -0.25) is 0 Å². The minimum absolute atomic E-state index is 0.183. The van der Waals surface area contributed by atoms with Gasteiger partial charge in [0, 0.05) is 0 Å². The van der Waals surface area contributed by atoms with Crippen LogP contribution < -0.4 is 4.74 Å². The Morgan fingerprint density at radius 2 is 2.06 bits per heavy atom. The number of benzene rings is 1. The van der Waals surface area contributed by atoms with Gasteiger partial charge in [-0.2, -0.15) is 0 Å². The van der Waals surface area contributed by atoms with Gasteiger partial charge in [-0.1, -0.05) is 38.4 Å². The van der Waals surface area contributed by atoms with Gasteiger partial charge in [0.1, 0.15) is 5.75 Å². The van der Waals surface area contributed by atoms with Crippen LogP contribution in [0.3, 0.4) is 0 Å². The first-order chi connectivity index (χ1) is 8.03. The molecule has 0 amide bonds. The molecule has 0 bridgehead atoms. The van der Waals surface area contributed by atoms with E-state index in [1.165, 1.54) is 18.4 Å². The Morgan fingerprint density at radius 3 is 2.65 bits per heavy atom. The average Bonchev–Trinajstić information content (AvgIpc) is 3.11. The Balaban J connectivity index is 2.15. The van der Waals surface area contributed by atoms with Gasteiger partial charge in [-0.15, -0.1) is 0 Å². The fraction of sp³-hybridized carbons (Fsp3) is 0.600. The highest BCUT2D eigenvalue weighted by molar-refractivity contribution is 6.32. The quantitative estimate of drug-likeness (QED) is 0.730. The number of rotatable bonds is 5. The van der Waals surface area contributed by atoms with Crippen LogP contribution in [0, 0.1) is 5.92 Å². The van der Waals surface area contributed by atoms with Crippen molar-refractivity contribution in [2.45, 2.75) is 45.4 Å². The van der Waals surface area contributed by atoms with E-state index in [1.54, 1.807) is 0 Å². The molecule has 0 unspecified atom stereocenters. The van der Waals surface area contributed by atoms with Gasteiger partial charge >= 0.3 is 0 Å². The summed E-state index contributed by atoms with van der Waals surface area (Å²) in [5.41, 5.74) is 1.48. The van der Waals surface area contributed by atoms with Gasteiger partial charge in [0.25, 0.3) is 0 Å². The minimum atomic E-state index is 0.183. The fourth-order valence-corrected chi connectivity index (χ4v) is 1.90. The van der Waals surface area contributed by atoms with Crippen LogP contribution in [0.15, 0.2) is 18.2 Å². The van der Waals surface area contributed by atoms with Crippen LogP contribution in [0.4, 0.5) is 0 Å². The zero-order valence-electron chi connectivity index (χ0n) is 10.9. The Bertz CT molecular complexity index is 394. The first-order valence-electron chi connectivity index (χ1n) is 6.46. The summed E-state index contributed by atoms with van der Waals surface area (Å²) < 4.78 is 5.81. The van der Waals surface area contributed by atoms with Crippen LogP contribution in [0.5, 0.6) is 5.75 Å². The molecule has 0 heterocycles. The second-order valence-corrected chi connectivity index (χ2v) is 6.04. The van der Waals surface area contributed by atoms with Crippen molar-refractivity contribution in [1.29, 1.82) is 0 Å². The molecule has 1 aromatic rings. The second-order valence-electron chi connectivity index (χ2n) is 5.64. The zero-order valence-corrected chi connectivity index (χ0v) is 11.7. The highest BCUT2D eigenvalue weighted by atomic mass is 35.5. The van der Waals surface area contributed by atoms with Crippen molar-refractivity contribution in [2.24, 2.45) is 5.92 Å². The largest absolute Gasteiger partial charge is 0.492 e. The van der Waals surface area contributed by atoms with Gasteiger partial charge in [-0.05, 0) is 48.3 Å². The Hall–Kier alpha value is -0.690. The third-order valence-electron chi connectivity index (χ3n) is 3.77. The summed E-state index contributed by atoms with van der Waals surface area (Å²) in [6, 6.07) is 6.17. The molecule has 0 atom stereocenters. The summed E-state index contributed by atoms with van der Waals surface area (Å²) in [5.74, 6) is 1.60. The molecule has 1 aromatic carbocycles. The summed E-state index contributed by atoms with van der Waals surface area (Å²) in [5, 5.41) is 0.723. The third-order valence-corrected chi connectivity index (χ3v) is 4.08. The van der Waals surface area contributed by atoms with Crippen LogP contribution in [0.25, 0.3) is 0 Å². The van der Waals surface area contributed by atoms with E-state index in [0.717, 1.165) is 29.7 Å². The summed E-state index contributed by atoms with van der Waals surface area (Å²) in [4.78, 5) is 0. The summed E-state index contributed by atoms with van der Waals surface area (Å²) >= 11 is 6.17. The van der Waals surface area contributed by atoms with E-state index < -0.39 is 0 Å². The van der Waals surface area contributed by atoms with Crippen molar-refractivity contribution in [3.05, 3.63) is 28.8 Å². The predicted octanol–water partition coefficient (Wildman–Crippen LogP) is 4.82. The highest BCUT2D eigenvalue weighted by Gasteiger charge is 2.23. The van der Waals surface area contributed by atoms with Crippen molar-refractivity contribution >= 4 is 11.6 Å². The molecular formula is C15H21ClO. The van der Waals surface area contributed by atoms with E-state index >= 15 is 0 Å². The maximum atomic E-state index is 6.17. The molecule has 17 heavy (non-hydrogen) atoms. The van der Waals surface area contributed by atoms with Gasteiger partial charge in [0.05, 0.1) is 11.6 Å². The first kappa shape index (κ1) is 12.8. The van der Waals surface area contributed by atoms with Crippen molar-refractivity contribution < 1.29 is 4.74 Å². The average molecular weight is 253 g/mol. The highest BCUT2D eigenvalue weighted by Crippen LogP contribution is 2.35. The smallest absolute Gasteiger partial charge is 0.138 e. The molecule has 0 saturated heterocycles. The lowest BCUT2D eigenvalue weighted by Crippen LogP contribution is -2.15. The molecule has 94 valence electrons. The molecular weight excluding hydrogens is 232 g/mol. The van der Waals surface area contributed by atoms with E-state index in [0.29, 0.717) is 0 Å². The van der Waals surface area contributed by atoms with Crippen LogP contribution in [-0.2, 0) is 5.41 Å². The zero-order chi connectivity index (χ0) is 12.5. The third kappa shape index (κ3) is 3.16. The van der Waals surface area contributed by atoms with Crippen LogP contribution in [0.1, 0.15) is 45.6 Å². The number of halogens is 1. The molecule has 1 nitrogen and oxygen atoms in total. The lowest BCUT2D eigenvalue weighted by molar-refractivity contribution is 0.299. The van der Waals surface area contributed by atoms with Crippen LogP contribution in [0.2, 0.25) is 5.02 Å². The fourth-order valence-electron chi connectivity index (χ4n) is 1.73. The molecule has 2 rings (SSSR count). The molecule has 2 heteroatoms. The molecule has 0 aliphatic heterocycles. The minimum Gasteiger partial charge on any atom is -0.492 e. The lowest BCUT2D eigenvalue weighted by atomic mass is 9.82. The molecule has 1 aliphatic carbocycles. The summed E-state index contributed by atoms with van der Waals surface area (Å²) in [6.45, 7) is 7.52. The normalized spacial score (nSPS) is 16.0. The predicted molar refractivity (Wildman–Crippen MR) is 73.0 cm³/mol. The summed E-state index contributed by atoms with van der Waals surface area (Å²) in [6.07, 6.45) is 3.71. The number of hydrogen-bond donors (Lipinski definition) is 0. The monoisotopic (exact) mass is 252 g/mol. The van der Waals surface area contributed by atoms with E-state index in [4.69, 9.17) is 16.3 Å². The standard InChI is InChI=1S/C15H21ClO/c1-4-15(2,3)12-7-8-13(16)14(9-12)17-10-11-5-6-11/h7-9,11H,4-6,10H2,1-3H3. The van der Waals surface area contributed by atoms with Crippen molar-refractivity contribution in [3.8, 4) is 5.75 Å². The van der Waals surface area contributed by atoms with Crippen molar-refractivity contribution in [2.75, 3.05) is 6.61 Å². The Kier molecular flexibility index (Phi) is 3.67. The number of hydrogen-bond acceptors (Lipinski definition) is 1. The van der Waals surface area contributed by atoms with E-state index in [-0.39, 0.29) is 5.41 Å². The number of ether oxygens (including phenoxy) is 1. The molecule has 1 saturated carbocycles. The van der Waals surface area contributed by atoms with Crippen molar-refractivity contribution in [1.82, 2.24) is 0 Å². The van der Waals surface area contributed by atoms with Crippen molar-refractivity contribution in [3.63, 3.8) is 0 Å². The van der Waals surface area contributed by atoms with Crippen LogP contribution >= 0.6 is 11.6 Å². The van der Waals surface area contributed by atoms with E-state index in [9.17, 15) is 0 Å². The molecule has 0 radical (unpaired) electrons. The van der Waals surface area contributed by atoms with Gasteiger partial charge in [0.2, 0.25) is 0 Å². The van der Waals surface area contributed by atoms with Gasteiger partial charge < -0.3 is 4.74 Å². The lowest BCUT2D eigenvalue weighted by Gasteiger charge is -2.24.